The van der Waals surface area contributed by atoms with E-state index in [1.165, 1.54) is 0 Å². The highest BCUT2D eigenvalue weighted by Gasteiger charge is 2.38. The molecule has 1 aromatic heterocycles. The van der Waals surface area contributed by atoms with E-state index in [4.69, 9.17) is 11.6 Å². The predicted molar refractivity (Wildman–Crippen MR) is 59.4 cm³/mol. The number of alkyl halides is 1. The standard InChI is InChI=1S/C9H12ClN3OS/c1-6-7(15-13-12-6)8(14)11-9(5-10)3-2-4-9/h2-5H2,1H3,(H,11,14). The SMILES string of the molecule is Cc1nnsc1C(=O)NC1(CCl)CCC1. The maximum Gasteiger partial charge on any atom is 0.265 e. The maximum atomic E-state index is 11.9. The summed E-state index contributed by atoms with van der Waals surface area (Å²) in [6, 6.07) is 0. The van der Waals surface area contributed by atoms with Crippen LogP contribution in [0.1, 0.15) is 34.6 Å². The smallest absolute Gasteiger partial charge is 0.265 e. The van der Waals surface area contributed by atoms with Crippen LogP contribution in [0.15, 0.2) is 0 Å². The van der Waals surface area contributed by atoms with Crippen molar-refractivity contribution in [2.45, 2.75) is 31.7 Å². The minimum Gasteiger partial charge on any atom is -0.345 e. The van der Waals surface area contributed by atoms with Gasteiger partial charge in [-0.25, -0.2) is 0 Å². The lowest BCUT2D eigenvalue weighted by molar-refractivity contribution is 0.0857. The molecule has 2 rings (SSSR count). The molecule has 1 amide bonds. The van der Waals surface area contributed by atoms with Crippen LogP contribution in [0, 0.1) is 6.92 Å². The maximum absolute atomic E-state index is 11.9. The van der Waals surface area contributed by atoms with E-state index in [1.54, 1.807) is 6.92 Å². The van der Waals surface area contributed by atoms with Crippen molar-refractivity contribution in [2.24, 2.45) is 0 Å². The molecular weight excluding hydrogens is 234 g/mol. The molecule has 6 heteroatoms. The number of hydrogen-bond donors (Lipinski definition) is 1. The predicted octanol–water partition coefficient (Wildman–Crippen LogP) is 1.74. The summed E-state index contributed by atoms with van der Waals surface area (Å²) in [6.45, 7) is 1.78. The summed E-state index contributed by atoms with van der Waals surface area (Å²) in [4.78, 5) is 12.4. The molecule has 0 aromatic carbocycles. The van der Waals surface area contributed by atoms with Gasteiger partial charge in [-0.3, -0.25) is 4.79 Å². The number of rotatable bonds is 3. The second-order valence-electron chi connectivity index (χ2n) is 3.91. The highest BCUT2D eigenvalue weighted by molar-refractivity contribution is 7.08. The van der Waals surface area contributed by atoms with Crippen LogP contribution in [0.25, 0.3) is 0 Å². The number of aromatic nitrogens is 2. The second-order valence-corrected chi connectivity index (χ2v) is 4.93. The van der Waals surface area contributed by atoms with Crippen LogP contribution in [-0.4, -0.2) is 26.9 Å². The van der Waals surface area contributed by atoms with Gasteiger partial charge >= 0.3 is 0 Å². The molecular formula is C9H12ClN3OS. The largest absolute Gasteiger partial charge is 0.345 e. The lowest BCUT2D eigenvalue weighted by Gasteiger charge is -2.40. The summed E-state index contributed by atoms with van der Waals surface area (Å²) in [5.74, 6) is 0.382. The monoisotopic (exact) mass is 245 g/mol. The number of nitrogens with zero attached hydrogens (tertiary/aromatic N) is 2. The van der Waals surface area contributed by atoms with E-state index in [-0.39, 0.29) is 11.4 Å². The van der Waals surface area contributed by atoms with Gasteiger partial charge in [-0.1, -0.05) is 4.49 Å². The van der Waals surface area contributed by atoms with E-state index in [0.29, 0.717) is 16.5 Å². The number of nitrogens with one attached hydrogen (secondary N) is 1. The van der Waals surface area contributed by atoms with Crippen molar-refractivity contribution in [1.29, 1.82) is 0 Å². The fourth-order valence-electron chi connectivity index (χ4n) is 1.63. The minimum absolute atomic E-state index is 0.0946. The Morgan fingerprint density at radius 1 is 1.67 bits per heavy atom. The first-order valence-electron chi connectivity index (χ1n) is 4.84. The number of amides is 1. The molecule has 1 aliphatic rings. The Hall–Kier alpha value is -0.680. The Morgan fingerprint density at radius 2 is 2.40 bits per heavy atom. The molecule has 1 aromatic rings. The molecule has 0 radical (unpaired) electrons. The van der Waals surface area contributed by atoms with Gasteiger partial charge in [0, 0.05) is 5.88 Å². The van der Waals surface area contributed by atoms with Gasteiger partial charge in [0.25, 0.3) is 5.91 Å². The fraction of sp³-hybridized carbons (Fsp3) is 0.667. The molecule has 0 aliphatic heterocycles. The lowest BCUT2D eigenvalue weighted by atomic mass is 9.78. The number of hydrogen-bond acceptors (Lipinski definition) is 4. The third kappa shape index (κ3) is 1.99. The van der Waals surface area contributed by atoms with Crippen LogP contribution in [0.5, 0.6) is 0 Å². The van der Waals surface area contributed by atoms with Crippen molar-refractivity contribution in [1.82, 2.24) is 14.9 Å². The summed E-state index contributed by atoms with van der Waals surface area (Å²) < 4.78 is 3.74. The average molecular weight is 246 g/mol. The highest BCUT2D eigenvalue weighted by atomic mass is 35.5. The zero-order valence-corrected chi connectivity index (χ0v) is 9.99. The minimum atomic E-state index is -0.185. The molecule has 82 valence electrons. The fourth-order valence-corrected chi connectivity index (χ4v) is 2.52. The molecule has 15 heavy (non-hydrogen) atoms. The molecule has 0 bridgehead atoms. The van der Waals surface area contributed by atoms with Crippen molar-refractivity contribution < 1.29 is 4.79 Å². The zero-order chi connectivity index (χ0) is 10.9. The third-order valence-electron chi connectivity index (χ3n) is 2.80. The van der Waals surface area contributed by atoms with Gasteiger partial charge in [0.15, 0.2) is 0 Å². The summed E-state index contributed by atoms with van der Waals surface area (Å²) in [6.07, 6.45) is 3.06. The highest BCUT2D eigenvalue weighted by Crippen LogP contribution is 2.33. The average Bonchev–Trinajstić information content (AvgIpc) is 2.58. The summed E-state index contributed by atoms with van der Waals surface area (Å²) in [5.41, 5.74) is 0.497. The van der Waals surface area contributed by atoms with Crippen LogP contribution >= 0.6 is 23.1 Å². The molecule has 4 nitrogen and oxygen atoms in total. The molecule has 1 aliphatic carbocycles. The van der Waals surface area contributed by atoms with Crippen LogP contribution in [0.4, 0.5) is 0 Å². The van der Waals surface area contributed by atoms with Gasteiger partial charge in [0.2, 0.25) is 0 Å². The summed E-state index contributed by atoms with van der Waals surface area (Å²) in [7, 11) is 0. The van der Waals surface area contributed by atoms with E-state index in [9.17, 15) is 4.79 Å². The van der Waals surface area contributed by atoms with E-state index in [1.807, 2.05) is 0 Å². The second kappa shape index (κ2) is 4.06. The third-order valence-corrected chi connectivity index (χ3v) is 4.14. The van der Waals surface area contributed by atoms with Gasteiger partial charge < -0.3 is 5.32 Å². The molecule has 1 heterocycles. The van der Waals surface area contributed by atoms with Gasteiger partial charge in [-0.15, -0.1) is 16.7 Å². The van der Waals surface area contributed by atoms with Crippen molar-refractivity contribution in [2.75, 3.05) is 5.88 Å². The van der Waals surface area contributed by atoms with Crippen LogP contribution < -0.4 is 5.32 Å². The number of carbonyl (C=O) groups is 1. The van der Waals surface area contributed by atoms with Crippen molar-refractivity contribution in [3.63, 3.8) is 0 Å². The first-order valence-corrected chi connectivity index (χ1v) is 6.15. The van der Waals surface area contributed by atoms with E-state index in [2.05, 4.69) is 14.9 Å². The van der Waals surface area contributed by atoms with Crippen molar-refractivity contribution >= 4 is 29.0 Å². The topological polar surface area (TPSA) is 54.9 Å². The van der Waals surface area contributed by atoms with E-state index < -0.39 is 0 Å². The number of carbonyl (C=O) groups excluding carboxylic acids is 1. The van der Waals surface area contributed by atoms with E-state index in [0.717, 1.165) is 30.8 Å². The molecule has 0 unspecified atom stereocenters. The van der Waals surface area contributed by atoms with Gasteiger partial charge in [-0.05, 0) is 37.7 Å². The number of halogens is 1. The zero-order valence-electron chi connectivity index (χ0n) is 8.42. The molecule has 1 fully saturated rings. The lowest BCUT2D eigenvalue weighted by Crippen LogP contribution is -2.54. The van der Waals surface area contributed by atoms with Crippen molar-refractivity contribution in [3.8, 4) is 0 Å². The molecule has 0 atom stereocenters. The van der Waals surface area contributed by atoms with Crippen molar-refractivity contribution in [3.05, 3.63) is 10.6 Å². The first kappa shape index (κ1) is 10.8. The Kier molecular flexibility index (Phi) is 2.93. The Morgan fingerprint density at radius 3 is 2.80 bits per heavy atom. The molecule has 0 spiro atoms. The quantitative estimate of drug-likeness (QED) is 0.826. The normalized spacial score (nSPS) is 18.3. The Balaban J connectivity index is 2.07. The van der Waals surface area contributed by atoms with Gasteiger partial charge in [0.1, 0.15) is 4.88 Å². The summed E-state index contributed by atoms with van der Waals surface area (Å²) in [5, 5.41) is 6.79. The van der Waals surface area contributed by atoms with Crippen LogP contribution in [0.2, 0.25) is 0 Å². The van der Waals surface area contributed by atoms with Crippen LogP contribution in [-0.2, 0) is 0 Å². The molecule has 1 N–H and O–H groups in total. The number of aryl methyl sites for hydroxylation is 1. The van der Waals surface area contributed by atoms with Gasteiger partial charge in [-0.2, -0.15) is 0 Å². The van der Waals surface area contributed by atoms with Gasteiger partial charge in [0.05, 0.1) is 11.2 Å². The molecule has 1 saturated carbocycles. The summed E-state index contributed by atoms with van der Waals surface area (Å²) >= 11 is 6.99. The van der Waals surface area contributed by atoms with E-state index >= 15 is 0 Å². The Bertz CT molecular complexity index is 370. The Labute approximate surface area is 97.2 Å². The van der Waals surface area contributed by atoms with Crippen LogP contribution in [0.3, 0.4) is 0 Å². The molecule has 0 saturated heterocycles. The first-order chi connectivity index (χ1) is 7.17.